The first kappa shape index (κ1) is 17.4. The van der Waals surface area contributed by atoms with Crippen molar-refractivity contribution in [2.75, 3.05) is 11.9 Å². The lowest BCUT2D eigenvalue weighted by Gasteiger charge is -2.15. The first-order valence-electron chi connectivity index (χ1n) is 8.06. The van der Waals surface area contributed by atoms with Gasteiger partial charge in [0.1, 0.15) is 6.04 Å². The fraction of sp³-hybridized carbons (Fsp3) is 0.105. The normalized spacial score (nSPS) is 11.6. The summed E-state index contributed by atoms with van der Waals surface area (Å²) in [7, 11) is 0. The van der Waals surface area contributed by atoms with E-state index in [1.54, 1.807) is 36.4 Å². The van der Waals surface area contributed by atoms with Crippen LogP contribution in [0.4, 0.5) is 5.82 Å². The van der Waals surface area contributed by atoms with Gasteiger partial charge >= 0.3 is 0 Å². The smallest absolute Gasteiger partial charge is 0.251 e. The molecule has 0 saturated carbocycles. The highest BCUT2D eigenvalue weighted by Gasteiger charge is 2.21. The number of H-pyrrole nitrogens is 1. The molecule has 3 aromatic rings. The van der Waals surface area contributed by atoms with E-state index in [0.717, 1.165) is 11.3 Å². The summed E-state index contributed by atoms with van der Waals surface area (Å²) in [5.41, 5.74) is 2.08. The van der Waals surface area contributed by atoms with Crippen LogP contribution in [0.1, 0.15) is 10.4 Å². The minimum Gasteiger partial charge on any atom is -0.394 e. The molecule has 2 amide bonds. The second-order valence-electron chi connectivity index (χ2n) is 5.60. The van der Waals surface area contributed by atoms with E-state index in [1.165, 1.54) is 0 Å². The molecule has 2 aromatic carbocycles. The topological polar surface area (TPSA) is 107 Å². The second-order valence-corrected chi connectivity index (χ2v) is 5.60. The third-order valence-electron chi connectivity index (χ3n) is 3.75. The molecule has 0 fully saturated rings. The number of aliphatic hydroxyl groups is 1. The number of hydrogen-bond donors (Lipinski definition) is 4. The van der Waals surface area contributed by atoms with Gasteiger partial charge in [0.25, 0.3) is 11.8 Å². The molecular weight excluding hydrogens is 332 g/mol. The SMILES string of the molecule is O=C(NC(CO)C(=O)Nc1cc(-c2ccccc2)[nH]n1)c1ccccc1. The quantitative estimate of drug-likeness (QED) is 0.544. The monoisotopic (exact) mass is 350 g/mol. The highest BCUT2D eigenvalue weighted by molar-refractivity contribution is 6.01. The van der Waals surface area contributed by atoms with Crippen LogP contribution in [0.5, 0.6) is 0 Å². The summed E-state index contributed by atoms with van der Waals surface area (Å²) in [6.45, 7) is -0.527. The third kappa shape index (κ3) is 4.14. The van der Waals surface area contributed by atoms with Crippen LogP contribution in [0.25, 0.3) is 11.3 Å². The number of hydrogen-bond acceptors (Lipinski definition) is 4. The Hall–Kier alpha value is -3.45. The maximum absolute atomic E-state index is 12.3. The third-order valence-corrected chi connectivity index (χ3v) is 3.75. The highest BCUT2D eigenvalue weighted by Crippen LogP contribution is 2.19. The Morgan fingerprint density at radius 2 is 1.69 bits per heavy atom. The van der Waals surface area contributed by atoms with Crippen molar-refractivity contribution in [2.24, 2.45) is 0 Å². The molecule has 0 bridgehead atoms. The summed E-state index contributed by atoms with van der Waals surface area (Å²) < 4.78 is 0. The number of rotatable bonds is 6. The van der Waals surface area contributed by atoms with Crippen LogP contribution < -0.4 is 10.6 Å². The average Bonchev–Trinajstić information content (AvgIpc) is 3.15. The van der Waals surface area contributed by atoms with Crippen molar-refractivity contribution in [3.8, 4) is 11.3 Å². The first-order valence-corrected chi connectivity index (χ1v) is 8.06. The van der Waals surface area contributed by atoms with Gasteiger partial charge in [-0.1, -0.05) is 48.5 Å². The van der Waals surface area contributed by atoms with Gasteiger partial charge < -0.3 is 15.7 Å². The summed E-state index contributed by atoms with van der Waals surface area (Å²) in [5.74, 6) is -0.684. The van der Waals surface area contributed by atoms with Crippen molar-refractivity contribution in [2.45, 2.75) is 6.04 Å². The molecule has 0 aliphatic heterocycles. The van der Waals surface area contributed by atoms with E-state index < -0.39 is 24.5 Å². The van der Waals surface area contributed by atoms with E-state index in [0.29, 0.717) is 11.4 Å². The van der Waals surface area contributed by atoms with E-state index in [4.69, 9.17) is 0 Å². The standard InChI is InChI=1S/C19H18N4O3/c24-12-16(20-18(25)14-9-5-2-6-10-14)19(26)21-17-11-15(22-23-17)13-7-3-1-4-8-13/h1-11,16,24H,12H2,(H,20,25)(H2,21,22,23,26). The molecule has 0 aliphatic carbocycles. The van der Waals surface area contributed by atoms with Crippen LogP contribution in [0.2, 0.25) is 0 Å². The van der Waals surface area contributed by atoms with Crippen LogP contribution in [0.3, 0.4) is 0 Å². The Morgan fingerprint density at radius 3 is 2.35 bits per heavy atom. The van der Waals surface area contributed by atoms with Crippen LogP contribution in [0.15, 0.2) is 66.7 Å². The molecule has 0 aliphatic rings. The van der Waals surface area contributed by atoms with Crippen molar-refractivity contribution in [1.29, 1.82) is 0 Å². The Labute approximate surface area is 150 Å². The molecule has 1 unspecified atom stereocenters. The zero-order chi connectivity index (χ0) is 18.4. The maximum atomic E-state index is 12.3. The molecule has 1 atom stereocenters. The molecule has 3 rings (SSSR count). The molecule has 7 heteroatoms. The highest BCUT2D eigenvalue weighted by atomic mass is 16.3. The fourth-order valence-corrected chi connectivity index (χ4v) is 2.39. The van der Waals surface area contributed by atoms with Crippen LogP contribution in [-0.2, 0) is 4.79 Å². The Kier molecular flexibility index (Phi) is 5.40. The maximum Gasteiger partial charge on any atom is 0.251 e. The summed E-state index contributed by atoms with van der Waals surface area (Å²) in [5, 5.41) is 21.4. The molecule has 132 valence electrons. The van der Waals surface area contributed by atoms with Crippen LogP contribution >= 0.6 is 0 Å². The average molecular weight is 350 g/mol. The fourth-order valence-electron chi connectivity index (χ4n) is 2.39. The van der Waals surface area contributed by atoms with Crippen molar-refractivity contribution in [3.05, 3.63) is 72.3 Å². The molecule has 1 aromatic heterocycles. The van der Waals surface area contributed by atoms with Crippen molar-refractivity contribution in [1.82, 2.24) is 15.5 Å². The zero-order valence-corrected chi connectivity index (χ0v) is 13.8. The molecule has 0 saturated heterocycles. The number of aliphatic hydroxyl groups excluding tert-OH is 1. The predicted molar refractivity (Wildman–Crippen MR) is 97.4 cm³/mol. The summed E-state index contributed by atoms with van der Waals surface area (Å²) >= 11 is 0. The lowest BCUT2D eigenvalue weighted by molar-refractivity contribution is -0.118. The van der Waals surface area contributed by atoms with Gasteiger partial charge in [0.05, 0.1) is 12.3 Å². The van der Waals surface area contributed by atoms with Crippen molar-refractivity contribution >= 4 is 17.6 Å². The number of nitrogens with zero attached hydrogens (tertiary/aromatic N) is 1. The Bertz CT molecular complexity index is 878. The van der Waals surface area contributed by atoms with E-state index >= 15 is 0 Å². The lowest BCUT2D eigenvalue weighted by atomic mass is 10.1. The van der Waals surface area contributed by atoms with E-state index in [-0.39, 0.29) is 0 Å². The van der Waals surface area contributed by atoms with Gasteiger partial charge in [-0.15, -0.1) is 0 Å². The number of carbonyl (C=O) groups excluding carboxylic acids is 2. The van der Waals surface area contributed by atoms with E-state index in [1.807, 2.05) is 30.3 Å². The van der Waals surface area contributed by atoms with Gasteiger partial charge in [0, 0.05) is 11.6 Å². The Morgan fingerprint density at radius 1 is 1.04 bits per heavy atom. The summed E-state index contributed by atoms with van der Waals surface area (Å²) in [6.07, 6.45) is 0. The lowest BCUT2D eigenvalue weighted by Crippen LogP contribution is -2.46. The number of anilines is 1. The minimum absolute atomic E-state index is 0.307. The molecular formula is C19H18N4O3. The molecule has 7 nitrogen and oxygen atoms in total. The van der Waals surface area contributed by atoms with Crippen LogP contribution in [-0.4, -0.2) is 39.8 Å². The van der Waals surface area contributed by atoms with Crippen LogP contribution in [0, 0.1) is 0 Å². The second kappa shape index (κ2) is 8.09. The molecule has 1 heterocycles. The number of amides is 2. The Balaban J connectivity index is 1.64. The number of carbonyl (C=O) groups is 2. The van der Waals surface area contributed by atoms with Crippen molar-refractivity contribution in [3.63, 3.8) is 0 Å². The summed E-state index contributed by atoms with van der Waals surface area (Å²) in [6, 6.07) is 18.6. The van der Waals surface area contributed by atoms with Gasteiger partial charge in [0.15, 0.2) is 5.82 Å². The largest absolute Gasteiger partial charge is 0.394 e. The van der Waals surface area contributed by atoms with Gasteiger partial charge in [-0.05, 0) is 17.7 Å². The molecule has 4 N–H and O–H groups in total. The van der Waals surface area contributed by atoms with Crippen molar-refractivity contribution < 1.29 is 14.7 Å². The molecule has 0 spiro atoms. The number of aromatic amines is 1. The van der Waals surface area contributed by atoms with Gasteiger partial charge in [-0.3, -0.25) is 14.7 Å². The van der Waals surface area contributed by atoms with E-state index in [2.05, 4.69) is 20.8 Å². The number of nitrogens with one attached hydrogen (secondary N) is 3. The molecule has 0 radical (unpaired) electrons. The summed E-state index contributed by atoms with van der Waals surface area (Å²) in [4.78, 5) is 24.5. The minimum atomic E-state index is -1.08. The van der Waals surface area contributed by atoms with Gasteiger partial charge in [-0.25, -0.2) is 0 Å². The zero-order valence-electron chi connectivity index (χ0n) is 13.8. The molecule has 26 heavy (non-hydrogen) atoms. The van der Waals surface area contributed by atoms with Gasteiger partial charge in [-0.2, -0.15) is 5.10 Å². The number of benzene rings is 2. The first-order chi connectivity index (χ1) is 12.7. The van der Waals surface area contributed by atoms with E-state index in [9.17, 15) is 14.7 Å². The predicted octanol–water partition coefficient (Wildman–Crippen LogP) is 1.81. The number of aromatic nitrogens is 2. The van der Waals surface area contributed by atoms with Gasteiger partial charge in [0.2, 0.25) is 0 Å².